The number of carbonyl (C=O) groups excluding carboxylic acids is 2. The Labute approximate surface area is 216 Å². The molecule has 0 saturated heterocycles. The zero-order valence-electron chi connectivity index (χ0n) is 18.2. The van der Waals surface area contributed by atoms with E-state index >= 15 is 0 Å². The first-order chi connectivity index (χ1) is 17.0. The van der Waals surface area contributed by atoms with E-state index in [0.717, 1.165) is 23.9 Å². The van der Waals surface area contributed by atoms with Gasteiger partial charge in [-0.15, -0.1) is 11.3 Å². The molecule has 3 aromatic rings. The third kappa shape index (κ3) is 6.67. The number of hydrogen-bond acceptors (Lipinski definition) is 8. The fourth-order valence-electron chi connectivity index (χ4n) is 2.64. The molecule has 0 bridgehead atoms. The summed E-state index contributed by atoms with van der Waals surface area (Å²) in [5, 5.41) is 13.4. The van der Waals surface area contributed by atoms with Gasteiger partial charge in [0.25, 0.3) is 11.8 Å². The molecule has 1 atom stereocenters. The summed E-state index contributed by atoms with van der Waals surface area (Å²) in [6.07, 6.45) is -1.39. The van der Waals surface area contributed by atoms with Gasteiger partial charge >= 0.3 is 6.18 Å². The molecule has 3 aromatic heterocycles. The molecule has 0 aromatic carbocycles. The second-order valence-electron chi connectivity index (χ2n) is 6.92. The van der Waals surface area contributed by atoms with Gasteiger partial charge in [-0.3, -0.25) is 9.59 Å². The average molecular weight is 559 g/mol. The first kappa shape index (κ1) is 27.3. The quantitative estimate of drug-likeness (QED) is 0.388. The van der Waals surface area contributed by atoms with E-state index in [2.05, 4.69) is 42.4 Å². The first-order valence-electron chi connectivity index (χ1n) is 9.92. The summed E-state index contributed by atoms with van der Waals surface area (Å²) < 4.78 is 39.1. The number of alkyl halides is 3. The van der Waals surface area contributed by atoms with Gasteiger partial charge in [0.15, 0.2) is 5.69 Å². The lowest BCUT2D eigenvalue weighted by Crippen LogP contribution is -2.28. The van der Waals surface area contributed by atoms with Gasteiger partial charge in [0.1, 0.15) is 32.7 Å². The number of hydrogen-bond donors (Lipinski definition) is 3. The highest BCUT2D eigenvalue weighted by Gasteiger charge is 2.34. The third-order valence-electron chi connectivity index (χ3n) is 4.32. The van der Waals surface area contributed by atoms with Crippen molar-refractivity contribution in [3.63, 3.8) is 0 Å². The van der Waals surface area contributed by atoms with Crippen molar-refractivity contribution in [1.29, 1.82) is 0 Å². The van der Waals surface area contributed by atoms with Crippen molar-refractivity contribution in [2.45, 2.75) is 25.6 Å². The van der Waals surface area contributed by atoms with Crippen LogP contribution in [0.3, 0.4) is 0 Å². The fourth-order valence-corrected chi connectivity index (χ4v) is 3.90. The van der Waals surface area contributed by atoms with Crippen molar-refractivity contribution in [1.82, 2.24) is 25.3 Å². The number of nitrogens with zero attached hydrogens (tertiary/aromatic N) is 4. The van der Waals surface area contributed by atoms with Crippen LogP contribution in [0.15, 0.2) is 24.8 Å². The topological polar surface area (TPSA) is 130 Å². The molecule has 1 unspecified atom stereocenters. The molecule has 0 saturated carbocycles. The third-order valence-corrected chi connectivity index (χ3v) is 6.15. The predicted octanol–water partition coefficient (Wildman–Crippen LogP) is 4.13. The SMILES string of the molecule is CC(NC(=O)c1ncnc(C#CCCO)c1Cl)c1ncc(C(=O)Nc2cc(C(F)(F)F)c(Cl)cn2)s1. The molecule has 3 heterocycles. The molecule has 36 heavy (non-hydrogen) atoms. The molecule has 0 radical (unpaired) electrons. The zero-order chi connectivity index (χ0) is 26.5. The largest absolute Gasteiger partial charge is 0.418 e. The summed E-state index contributed by atoms with van der Waals surface area (Å²) in [4.78, 5) is 40.8. The summed E-state index contributed by atoms with van der Waals surface area (Å²) in [5.41, 5.74) is -1.15. The van der Waals surface area contributed by atoms with Crippen LogP contribution >= 0.6 is 34.5 Å². The monoisotopic (exact) mass is 558 g/mol. The number of aliphatic hydroxyl groups excluding tert-OH is 1. The van der Waals surface area contributed by atoms with Crippen LogP contribution < -0.4 is 10.6 Å². The normalized spacial score (nSPS) is 11.9. The van der Waals surface area contributed by atoms with Crippen LogP contribution in [-0.2, 0) is 6.18 Å². The van der Waals surface area contributed by atoms with E-state index in [-0.39, 0.29) is 40.1 Å². The lowest BCUT2D eigenvalue weighted by atomic mass is 10.2. The van der Waals surface area contributed by atoms with Gasteiger partial charge in [-0.05, 0) is 18.9 Å². The number of anilines is 1. The number of aromatic nitrogens is 4. The van der Waals surface area contributed by atoms with E-state index in [4.69, 9.17) is 28.3 Å². The van der Waals surface area contributed by atoms with Gasteiger partial charge < -0.3 is 15.7 Å². The van der Waals surface area contributed by atoms with Crippen molar-refractivity contribution >= 4 is 52.2 Å². The van der Waals surface area contributed by atoms with Crippen molar-refractivity contribution in [3.05, 3.63) is 61.7 Å². The lowest BCUT2D eigenvalue weighted by Gasteiger charge is -2.12. The Bertz CT molecular complexity index is 1360. The molecule has 3 N–H and O–H groups in total. The smallest absolute Gasteiger partial charge is 0.395 e. The van der Waals surface area contributed by atoms with Gasteiger partial charge in [0.2, 0.25) is 0 Å². The van der Waals surface area contributed by atoms with Gasteiger partial charge in [0, 0.05) is 12.6 Å². The minimum Gasteiger partial charge on any atom is -0.395 e. The van der Waals surface area contributed by atoms with E-state index in [1.54, 1.807) is 6.92 Å². The Balaban J connectivity index is 1.70. The Kier molecular flexibility index (Phi) is 8.80. The number of pyridine rings is 1. The van der Waals surface area contributed by atoms with Crippen molar-refractivity contribution in [2.75, 3.05) is 11.9 Å². The molecule has 0 aliphatic rings. The molecular weight excluding hydrogens is 544 g/mol. The van der Waals surface area contributed by atoms with Crippen LogP contribution in [0.4, 0.5) is 19.0 Å². The standard InChI is InChI=1S/C21H15Cl2F3N6O3S/c1-10(31-19(35)17-16(23)13(29-9-30-17)4-2-3-5-33)20-28-8-14(36-20)18(34)32-15-6-11(21(24,25)26)12(22)7-27-15/h6-10,33H,3,5H2,1H3,(H,31,35)(H,27,32,34). The van der Waals surface area contributed by atoms with Gasteiger partial charge in [-0.25, -0.2) is 19.9 Å². The van der Waals surface area contributed by atoms with Gasteiger partial charge in [0.05, 0.1) is 29.4 Å². The second kappa shape index (κ2) is 11.6. The Morgan fingerprint density at radius 1 is 1.17 bits per heavy atom. The Morgan fingerprint density at radius 3 is 2.61 bits per heavy atom. The van der Waals surface area contributed by atoms with Crippen molar-refractivity contribution in [3.8, 4) is 11.8 Å². The molecule has 3 rings (SSSR count). The van der Waals surface area contributed by atoms with E-state index in [0.29, 0.717) is 11.1 Å². The van der Waals surface area contributed by atoms with Crippen LogP contribution in [0.2, 0.25) is 10.0 Å². The average Bonchev–Trinajstić information content (AvgIpc) is 3.31. The van der Waals surface area contributed by atoms with Crippen LogP contribution in [0.5, 0.6) is 0 Å². The highest BCUT2D eigenvalue weighted by atomic mass is 35.5. The number of nitrogens with one attached hydrogen (secondary N) is 2. The molecule has 9 nitrogen and oxygen atoms in total. The van der Waals surface area contributed by atoms with Crippen LogP contribution in [-0.4, -0.2) is 43.5 Å². The van der Waals surface area contributed by atoms with E-state index in [9.17, 15) is 22.8 Å². The molecule has 0 aliphatic carbocycles. The maximum atomic E-state index is 13.0. The summed E-state index contributed by atoms with van der Waals surface area (Å²) in [6, 6.07) is -0.0525. The molecule has 0 spiro atoms. The minimum absolute atomic E-state index is 0.0675. The molecule has 188 valence electrons. The van der Waals surface area contributed by atoms with E-state index < -0.39 is 34.6 Å². The summed E-state index contributed by atoms with van der Waals surface area (Å²) in [7, 11) is 0. The number of halogens is 5. The second-order valence-corrected chi connectivity index (χ2v) is 8.77. The van der Waals surface area contributed by atoms with Crippen molar-refractivity contribution < 1.29 is 27.9 Å². The first-order valence-corrected chi connectivity index (χ1v) is 11.5. The number of carbonyl (C=O) groups is 2. The molecule has 2 amide bonds. The van der Waals surface area contributed by atoms with E-state index in [1.807, 2.05) is 0 Å². The fraction of sp³-hybridized carbons (Fsp3) is 0.238. The maximum Gasteiger partial charge on any atom is 0.418 e. The van der Waals surface area contributed by atoms with E-state index in [1.165, 1.54) is 6.20 Å². The Morgan fingerprint density at radius 2 is 1.92 bits per heavy atom. The number of amides is 2. The summed E-state index contributed by atoms with van der Waals surface area (Å²) >= 11 is 12.6. The van der Waals surface area contributed by atoms with Crippen LogP contribution in [0.1, 0.15) is 55.8 Å². The Hall–Kier alpha value is -3.31. The highest BCUT2D eigenvalue weighted by molar-refractivity contribution is 7.13. The number of thiazole rings is 1. The lowest BCUT2D eigenvalue weighted by molar-refractivity contribution is -0.137. The predicted molar refractivity (Wildman–Crippen MR) is 126 cm³/mol. The van der Waals surface area contributed by atoms with Crippen LogP contribution in [0.25, 0.3) is 0 Å². The van der Waals surface area contributed by atoms with Crippen molar-refractivity contribution in [2.24, 2.45) is 0 Å². The molecule has 0 aliphatic heterocycles. The van der Waals surface area contributed by atoms with Gasteiger partial charge in [-0.1, -0.05) is 29.1 Å². The zero-order valence-corrected chi connectivity index (χ0v) is 20.5. The maximum absolute atomic E-state index is 13.0. The molecular formula is C21H15Cl2F3N6O3S. The minimum atomic E-state index is -4.72. The number of rotatable bonds is 6. The van der Waals surface area contributed by atoms with Gasteiger partial charge in [-0.2, -0.15) is 13.2 Å². The van der Waals surface area contributed by atoms with Crippen LogP contribution in [0, 0.1) is 11.8 Å². The molecule has 15 heteroatoms. The summed E-state index contributed by atoms with van der Waals surface area (Å²) in [6.45, 7) is 1.46. The molecule has 0 fully saturated rings. The summed E-state index contributed by atoms with van der Waals surface area (Å²) in [5.74, 6) is 3.56. The number of aliphatic hydroxyl groups is 1. The highest BCUT2D eigenvalue weighted by Crippen LogP contribution is 2.35.